The first-order valence-corrected chi connectivity index (χ1v) is 18.6. The minimum absolute atomic E-state index is 0.0160. The summed E-state index contributed by atoms with van der Waals surface area (Å²) >= 11 is 0. The molecule has 6 rings (SSSR count). The third-order valence-corrected chi connectivity index (χ3v) is 9.69. The van der Waals surface area contributed by atoms with Crippen LogP contribution in [0.1, 0.15) is 24.1 Å². The first kappa shape index (κ1) is 41.1. The number of piperidine rings is 1. The smallest absolute Gasteiger partial charge is 0.416 e. The van der Waals surface area contributed by atoms with Crippen molar-refractivity contribution in [3.05, 3.63) is 124 Å². The van der Waals surface area contributed by atoms with Crippen molar-refractivity contribution in [3.8, 4) is 22.8 Å². The van der Waals surface area contributed by atoms with Gasteiger partial charge in [0.2, 0.25) is 0 Å². The molecule has 14 nitrogen and oxygen atoms in total. The summed E-state index contributed by atoms with van der Waals surface area (Å²) in [4.78, 5) is 45.6. The number of nitrogens with zero attached hydrogens (tertiary/aromatic N) is 7. The number of hydrogen-bond donors (Lipinski definition) is 1. The number of nitrogens with one attached hydrogen (secondary N) is 1. The number of likely N-dealkylation sites (tertiary alicyclic amines) is 1. The quantitative estimate of drug-likeness (QED) is 0.135. The summed E-state index contributed by atoms with van der Waals surface area (Å²) in [5, 5.41) is 7.29. The number of carbonyl (C=O) groups excluding carboxylic acids is 2. The highest BCUT2D eigenvalue weighted by Gasteiger charge is 2.33. The molecule has 0 saturated carbocycles. The van der Waals surface area contributed by atoms with Gasteiger partial charge in [-0.1, -0.05) is 36.4 Å². The molecule has 1 N–H and O–H groups in total. The van der Waals surface area contributed by atoms with E-state index in [2.05, 4.69) is 15.3 Å². The number of amides is 2. The Bertz CT molecular complexity index is 2420. The lowest BCUT2D eigenvalue weighted by Gasteiger charge is -2.34. The summed E-state index contributed by atoms with van der Waals surface area (Å²) in [5.74, 6) is 0.0160. The number of halogens is 3. The fraction of sp³-hybridized carbons (Fsp3) is 0.289. The zero-order chi connectivity index (χ0) is 41.0. The maximum atomic E-state index is 14.0. The third kappa shape index (κ3) is 9.60. The number of quaternary nitrogens is 1. The van der Waals surface area contributed by atoms with Crippen molar-refractivity contribution >= 4 is 27.7 Å². The van der Waals surface area contributed by atoms with Crippen molar-refractivity contribution in [2.45, 2.75) is 36.9 Å². The zero-order valence-electron chi connectivity index (χ0n) is 30.9. The van der Waals surface area contributed by atoms with Gasteiger partial charge in [-0.15, -0.1) is 0 Å². The Morgan fingerprint density at radius 3 is 2.16 bits per heavy atom. The Hall–Kier alpha value is -6.03. The lowest BCUT2D eigenvalue weighted by Crippen LogP contribution is -2.52. The van der Waals surface area contributed by atoms with Crippen molar-refractivity contribution < 1.29 is 40.2 Å². The van der Waals surface area contributed by atoms with E-state index in [1.807, 2.05) is 21.1 Å². The molecule has 1 aliphatic rings. The second-order valence-corrected chi connectivity index (χ2v) is 15.4. The number of imidazole rings is 1. The van der Waals surface area contributed by atoms with E-state index in [4.69, 9.17) is 6.57 Å². The van der Waals surface area contributed by atoms with Gasteiger partial charge in [0.05, 0.1) is 67.1 Å². The molecule has 1 saturated heterocycles. The average molecular weight is 793 g/mol. The molecule has 56 heavy (non-hydrogen) atoms. The molecule has 18 heteroatoms. The maximum Gasteiger partial charge on any atom is 0.416 e. The minimum Gasteiger partial charge on any atom is -0.744 e. The molecule has 0 spiro atoms. The summed E-state index contributed by atoms with van der Waals surface area (Å²) in [6.07, 6.45) is -2.22. The van der Waals surface area contributed by atoms with E-state index in [-0.39, 0.29) is 33.9 Å². The third-order valence-electron chi connectivity index (χ3n) is 8.84. The summed E-state index contributed by atoms with van der Waals surface area (Å²) in [6, 6.07) is 18.6. The number of aromatic nitrogens is 4. The Kier molecular flexibility index (Phi) is 12.0. The largest absolute Gasteiger partial charge is 0.744 e. The van der Waals surface area contributed by atoms with Gasteiger partial charge < -0.3 is 19.3 Å². The lowest BCUT2D eigenvalue weighted by molar-refractivity contribution is -0.862. The van der Waals surface area contributed by atoms with Crippen molar-refractivity contribution in [1.82, 2.24) is 29.1 Å². The van der Waals surface area contributed by atoms with Crippen molar-refractivity contribution in [1.29, 1.82) is 0 Å². The first-order valence-electron chi connectivity index (χ1n) is 17.2. The second-order valence-electron chi connectivity index (χ2n) is 14.0. The predicted octanol–water partition coefficient (Wildman–Crippen LogP) is 5.22. The number of carbonyl (C=O) groups is 2. The van der Waals surface area contributed by atoms with Gasteiger partial charge in [-0.05, 0) is 68.3 Å². The van der Waals surface area contributed by atoms with Crippen LogP contribution in [-0.4, -0.2) is 100 Å². The van der Waals surface area contributed by atoms with Crippen LogP contribution >= 0.6 is 0 Å². The number of hydrogen-bond acceptors (Lipinski definition) is 7. The van der Waals surface area contributed by atoms with Crippen LogP contribution < -0.4 is 11.0 Å². The fourth-order valence-corrected chi connectivity index (χ4v) is 6.67. The van der Waals surface area contributed by atoms with E-state index in [1.165, 1.54) is 47.3 Å². The predicted molar refractivity (Wildman–Crippen MR) is 199 cm³/mol. The van der Waals surface area contributed by atoms with Gasteiger partial charge in [0.25, 0.3) is 5.91 Å². The van der Waals surface area contributed by atoms with Crippen LogP contribution in [-0.2, 0) is 21.1 Å². The highest BCUT2D eigenvalue weighted by molar-refractivity contribution is 7.85. The van der Waals surface area contributed by atoms with Crippen LogP contribution in [0.15, 0.2) is 101 Å². The van der Waals surface area contributed by atoms with E-state index < -0.39 is 33.6 Å². The monoisotopic (exact) mass is 792 g/mol. The first-order chi connectivity index (χ1) is 26.3. The van der Waals surface area contributed by atoms with Crippen LogP contribution in [0.3, 0.4) is 0 Å². The molecule has 3 heterocycles. The minimum atomic E-state index is -4.64. The molecule has 2 amide bonds. The Balaban J connectivity index is 0.000000522. The van der Waals surface area contributed by atoms with E-state index in [0.717, 1.165) is 21.3 Å². The maximum absolute atomic E-state index is 14.0. The molecule has 0 aliphatic carbocycles. The van der Waals surface area contributed by atoms with Crippen LogP contribution in [0.5, 0.6) is 0 Å². The molecule has 3 aromatic carbocycles. The lowest BCUT2D eigenvalue weighted by atomic mass is 10.1. The molecule has 1 aliphatic heterocycles. The van der Waals surface area contributed by atoms with Gasteiger partial charge in [-0.2, -0.15) is 18.3 Å². The zero-order valence-corrected chi connectivity index (χ0v) is 31.7. The Labute approximate surface area is 321 Å². The topological polar surface area (TPSA) is 156 Å². The average Bonchev–Trinajstić information content (AvgIpc) is 3.72. The number of likely N-dealkylation sites (N-methyl/N-ethyl adjacent to an activating group) is 1. The molecule has 0 unspecified atom stereocenters. The van der Waals surface area contributed by atoms with Gasteiger partial charge in [0.15, 0.2) is 12.2 Å². The van der Waals surface area contributed by atoms with Gasteiger partial charge in [0, 0.05) is 19.1 Å². The Morgan fingerprint density at radius 1 is 0.964 bits per heavy atom. The summed E-state index contributed by atoms with van der Waals surface area (Å²) in [5.41, 5.74) is -0.187. The van der Waals surface area contributed by atoms with Crippen LogP contribution in [0.4, 0.5) is 23.7 Å². The van der Waals surface area contributed by atoms with Crippen LogP contribution in [0.25, 0.3) is 27.6 Å². The van der Waals surface area contributed by atoms with E-state index in [0.29, 0.717) is 54.0 Å². The molecule has 294 valence electrons. The SMILES string of the molecule is O=S(=O)([O-])c1ccccc1.[C-]#[N+]c1ccc(-n2nccc2-c2c(C)n(-c3cccc(C(F)(F)F)c3)c(=O)n2C(=O)NC2CCN(C(=O)C[N+](C)(C)C)CC2)cc1. The van der Waals surface area contributed by atoms with Gasteiger partial charge >= 0.3 is 17.9 Å². The van der Waals surface area contributed by atoms with Gasteiger partial charge in [0.1, 0.15) is 15.8 Å². The normalized spacial score (nSPS) is 13.7. The summed E-state index contributed by atoms with van der Waals surface area (Å²) < 4.78 is 75.7. The number of rotatable bonds is 7. The summed E-state index contributed by atoms with van der Waals surface area (Å²) in [6.45, 7) is 9.99. The number of benzene rings is 3. The Morgan fingerprint density at radius 2 is 1.61 bits per heavy atom. The van der Waals surface area contributed by atoms with Crippen molar-refractivity contribution in [2.24, 2.45) is 0 Å². The summed E-state index contributed by atoms with van der Waals surface area (Å²) in [7, 11) is 1.55. The van der Waals surface area contributed by atoms with E-state index >= 15 is 0 Å². The van der Waals surface area contributed by atoms with Crippen LogP contribution in [0, 0.1) is 13.5 Å². The highest BCUT2D eigenvalue weighted by atomic mass is 32.2. The van der Waals surface area contributed by atoms with Gasteiger partial charge in [-0.25, -0.2) is 32.1 Å². The van der Waals surface area contributed by atoms with Crippen LogP contribution in [0.2, 0.25) is 0 Å². The molecular weight excluding hydrogens is 754 g/mol. The molecule has 0 atom stereocenters. The van der Waals surface area contributed by atoms with Crippen molar-refractivity contribution in [3.63, 3.8) is 0 Å². The van der Waals surface area contributed by atoms with Gasteiger partial charge in [-0.3, -0.25) is 9.36 Å². The number of alkyl halides is 3. The fourth-order valence-electron chi connectivity index (χ4n) is 6.18. The molecule has 0 radical (unpaired) electrons. The second kappa shape index (κ2) is 16.4. The van der Waals surface area contributed by atoms with E-state index in [1.54, 1.807) is 48.2 Å². The molecule has 0 bridgehead atoms. The molecule has 1 fully saturated rings. The van der Waals surface area contributed by atoms with E-state index in [9.17, 15) is 40.5 Å². The standard InChI is InChI=1S/C32H33F3N8O3.C6H6O3S/c1-21-29(27-13-16-37-42(27)25-11-9-23(36-2)10-12-25)41(31(46)40(21)26-8-6-7-22(19-26)32(33,34)35)30(45)38-24-14-17-39(18-15-24)28(44)20-43(3,4)5;7-10(8,9)6-4-2-1-3-5-6/h6-13,16,19,24H,14-15,17-18,20H2,1,3-5H3;1-5H,(H,7,8,9). The molecule has 2 aromatic heterocycles. The molecule has 5 aromatic rings. The highest BCUT2D eigenvalue weighted by Crippen LogP contribution is 2.32. The van der Waals surface area contributed by atoms with Crippen molar-refractivity contribution in [2.75, 3.05) is 40.8 Å². The molecular formula is C38H39F3N8O6S.